The summed E-state index contributed by atoms with van der Waals surface area (Å²) in [5.74, 6) is -0.269. The van der Waals surface area contributed by atoms with E-state index in [1.807, 2.05) is 48.5 Å². The van der Waals surface area contributed by atoms with Crippen LogP contribution in [0, 0.1) is 0 Å². The van der Waals surface area contributed by atoms with Crippen LogP contribution in [0.15, 0.2) is 97.1 Å². The molecule has 15 nitrogen and oxygen atoms in total. The third-order valence-electron chi connectivity index (χ3n) is 11.7. The first kappa shape index (κ1) is 55.8. The van der Waals surface area contributed by atoms with Crippen LogP contribution in [0.3, 0.4) is 0 Å². The van der Waals surface area contributed by atoms with Crippen molar-refractivity contribution >= 4 is 70.5 Å². The van der Waals surface area contributed by atoms with E-state index in [0.717, 1.165) is 23.1 Å². The topological polar surface area (TPSA) is 207 Å². The lowest BCUT2D eigenvalue weighted by atomic mass is 10.1. The number of hydrogen-bond acceptors (Lipinski definition) is 11. The molecular weight excluding hydrogens is 911 g/mol. The number of β-amino-alcohol motifs (C(OH)–C–C–N with tert-alkyl or cyclic N) is 1. The van der Waals surface area contributed by atoms with Gasteiger partial charge in [0.15, 0.2) is 33.1 Å². The summed E-state index contributed by atoms with van der Waals surface area (Å²) in [6.45, 7) is 13.7. The first-order valence-corrected chi connectivity index (χ1v) is 24.6. The molecule has 4 aromatic carbocycles. The Labute approximate surface area is 408 Å². The van der Waals surface area contributed by atoms with Gasteiger partial charge in [0.2, 0.25) is 0 Å². The molecule has 6 rings (SSSR count). The Morgan fingerprint density at radius 1 is 0.657 bits per heavy atom. The van der Waals surface area contributed by atoms with Crippen LogP contribution in [0.4, 0.5) is 0 Å². The summed E-state index contributed by atoms with van der Waals surface area (Å²) >= 11 is 0. The average molecular weight is 976 g/mol. The minimum atomic E-state index is -2.11. The number of carbonyl (C=O) groups is 6. The Bertz CT molecular complexity index is 2290. The van der Waals surface area contributed by atoms with Crippen LogP contribution in [0.1, 0.15) is 70.7 Å². The number of aliphatic hydroxyl groups excluding tert-OH is 1. The lowest BCUT2D eigenvalue weighted by Gasteiger charge is -2.37. The van der Waals surface area contributed by atoms with Crippen molar-refractivity contribution in [2.24, 2.45) is 5.73 Å². The van der Waals surface area contributed by atoms with Gasteiger partial charge in [0, 0.05) is 30.8 Å². The number of rotatable bonds is 16. The molecule has 362 valence electrons. The number of amides is 4. The molecule has 0 saturated carbocycles. The van der Waals surface area contributed by atoms with Crippen LogP contribution in [-0.4, -0.2) is 110 Å². The van der Waals surface area contributed by atoms with Crippen LogP contribution in [0.25, 0.3) is 0 Å². The highest BCUT2D eigenvalue weighted by atomic mass is 32.1. The number of hydrogen-bond donors (Lipinski definition) is 4. The zero-order valence-corrected chi connectivity index (χ0v) is 42.1. The van der Waals surface area contributed by atoms with E-state index in [9.17, 15) is 33.9 Å². The highest BCUT2D eigenvalue weighted by Crippen LogP contribution is 2.38. The van der Waals surface area contributed by atoms with Crippen molar-refractivity contribution in [3.63, 3.8) is 0 Å². The van der Waals surface area contributed by atoms with Gasteiger partial charge >= 0.3 is 0 Å². The fourth-order valence-corrected chi connectivity index (χ4v) is 7.74. The smallest absolute Gasteiger partial charge is 0.261 e. The van der Waals surface area contributed by atoms with Gasteiger partial charge in [-0.05, 0) is 95.3 Å². The summed E-state index contributed by atoms with van der Waals surface area (Å²) in [5, 5.41) is 15.1. The van der Waals surface area contributed by atoms with Crippen LogP contribution in [0.5, 0.6) is 11.5 Å². The molecule has 0 aromatic heterocycles. The largest absolute Gasteiger partial charge is 0.484 e. The molecule has 0 bridgehead atoms. The molecule has 2 saturated heterocycles. The van der Waals surface area contributed by atoms with Gasteiger partial charge in [0.25, 0.3) is 23.6 Å². The van der Waals surface area contributed by atoms with Crippen molar-refractivity contribution in [2.45, 2.75) is 84.1 Å². The molecule has 4 amide bonds. The zero-order chi connectivity index (χ0) is 47.3. The normalized spacial score (nSPS) is 15.6. The van der Waals surface area contributed by atoms with E-state index in [0.29, 0.717) is 42.3 Å². The highest BCUT2D eigenvalue weighted by Gasteiger charge is 2.44. The van der Waals surface area contributed by atoms with E-state index in [4.69, 9.17) is 19.6 Å². The highest BCUT2D eigenvalue weighted by molar-refractivity contribution is 7.59. The van der Waals surface area contributed by atoms with Crippen molar-refractivity contribution in [3.05, 3.63) is 130 Å². The Hall–Kier alpha value is -5.50. The van der Waals surface area contributed by atoms with Gasteiger partial charge in [0.1, 0.15) is 23.7 Å². The summed E-state index contributed by atoms with van der Waals surface area (Å²) in [5.41, 5.74) is 10.7. The summed E-state index contributed by atoms with van der Waals surface area (Å²) < 4.78 is 17.3. The number of nitrogens with two attached hydrogens (primary N) is 1. The van der Waals surface area contributed by atoms with Gasteiger partial charge in [0.05, 0.1) is 26.2 Å². The third kappa shape index (κ3) is 16.4. The molecule has 0 unspecified atom stereocenters. The monoisotopic (exact) mass is 975 g/mol. The second-order valence-corrected chi connectivity index (χ2v) is 22.3. The van der Waals surface area contributed by atoms with E-state index in [2.05, 4.69) is 51.4 Å². The molecule has 0 aliphatic carbocycles. The number of nitrogens with zero attached hydrogens (tertiary/aromatic N) is 2. The summed E-state index contributed by atoms with van der Waals surface area (Å²) in [6, 6.07) is 28.9. The van der Waals surface area contributed by atoms with Crippen LogP contribution < -0.4 is 25.8 Å². The zero-order valence-electron chi connectivity index (χ0n) is 39.1. The minimum absolute atomic E-state index is 0. The fraction of sp³-hybridized carbons (Fsp3) is 0.388. The van der Waals surface area contributed by atoms with Crippen molar-refractivity contribution in [1.29, 1.82) is 0 Å². The number of aliphatic hydroxyl groups is 1. The van der Waals surface area contributed by atoms with Gasteiger partial charge in [-0.15, -0.1) is 0 Å². The molecule has 18 heteroatoms. The Balaban J connectivity index is 0.000000352. The molecule has 0 spiro atoms. The third-order valence-corrected chi connectivity index (χ3v) is 16.2. The van der Waals surface area contributed by atoms with E-state index in [-0.39, 0.29) is 107 Å². The Morgan fingerprint density at radius 3 is 1.45 bits per heavy atom. The average Bonchev–Trinajstić information content (AvgIpc) is 3.84. The van der Waals surface area contributed by atoms with Crippen molar-refractivity contribution in [1.82, 2.24) is 20.4 Å². The quantitative estimate of drug-likeness (QED) is 0.112. The number of benzene rings is 4. The molecule has 67 heavy (non-hydrogen) atoms. The lowest BCUT2D eigenvalue weighted by molar-refractivity contribution is -0.134. The van der Waals surface area contributed by atoms with Crippen molar-refractivity contribution in [2.75, 3.05) is 39.4 Å². The number of ketones is 2. The molecule has 4 aromatic rings. The van der Waals surface area contributed by atoms with Gasteiger partial charge in [-0.3, -0.25) is 28.8 Å². The van der Waals surface area contributed by atoms with Gasteiger partial charge in [-0.25, -0.2) is 0 Å². The molecule has 2 aliphatic heterocycles. The first-order chi connectivity index (χ1) is 30.8. The van der Waals surface area contributed by atoms with Crippen LogP contribution in [0.2, 0.25) is 18.1 Å². The number of ether oxygens (including phenoxy) is 2. The summed E-state index contributed by atoms with van der Waals surface area (Å²) in [6.07, 6.45) is -0.731. The second kappa shape index (κ2) is 25.6. The molecule has 2 atom stereocenters. The molecule has 0 radical (unpaired) electrons. The SMILES string of the molecule is CCc1ccc(C(=O)NCc2ccc(OCC(=O)N3CC(=O)[C@@H](O[Si](C)(C)C(C)(C)C)C3)cc2)cc1.NCc1ccc(C(=O)NCc2ccc(OCC(=O)N3CC(=O)[C@@H](O)C3)cc2)cc1.S.S. The molecule has 2 aliphatic rings. The maximum absolute atomic E-state index is 12.6. The first-order valence-electron chi connectivity index (χ1n) is 21.7. The van der Waals surface area contributed by atoms with E-state index in [1.54, 1.807) is 48.5 Å². The molecule has 2 fully saturated rings. The Morgan fingerprint density at radius 2 is 1.06 bits per heavy atom. The predicted molar refractivity (Wildman–Crippen MR) is 268 cm³/mol. The number of likely N-dealkylation sites (tertiary alicyclic amines) is 2. The number of nitrogens with one attached hydrogen (secondary N) is 2. The van der Waals surface area contributed by atoms with Crippen molar-refractivity contribution < 1.29 is 47.8 Å². The van der Waals surface area contributed by atoms with Crippen LogP contribution in [-0.2, 0) is 49.7 Å². The standard InChI is InChI=1S/C28H38N2O5Si.C21H23N3O5.2H2S/c1-7-20-8-12-22(13-9-20)27(33)29-16-21-10-14-23(15-11-21)34-19-26(32)30-17-24(31)25(18-30)35-36(5,6)28(2,3)4;22-9-14-1-5-16(6-2-14)21(28)23-10-15-3-7-17(8-4-15)29-13-20(27)24-11-18(25)19(26)12-24;;/h8-15,25H,7,16-19H2,1-6H3,(H,29,33);1-8,18,25H,9-13,22H2,(H,23,28);2*1H2/t25-;18-;;/m00../s1. The minimum Gasteiger partial charge on any atom is -0.484 e. The summed E-state index contributed by atoms with van der Waals surface area (Å²) in [7, 11) is -2.11. The fourth-order valence-electron chi connectivity index (χ4n) is 6.47. The second-order valence-electron chi connectivity index (χ2n) is 17.5. The summed E-state index contributed by atoms with van der Waals surface area (Å²) in [4.78, 5) is 75.8. The molecular formula is C49H65N5O10S2Si. The van der Waals surface area contributed by atoms with Gasteiger partial charge in [-0.2, -0.15) is 27.0 Å². The maximum Gasteiger partial charge on any atom is 0.261 e. The van der Waals surface area contributed by atoms with E-state index >= 15 is 0 Å². The number of aryl methyl sites for hydroxylation is 1. The van der Waals surface area contributed by atoms with Crippen LogP contribution >= 0.6 is 27.0 Å². The van der Waals surface area contributed by atoms with E-state index in [1.165, 1.54) is 15.4 Å². The van der Waals surface area contributed by atoms with Crippen molar-refractivity contribution in [3.8, 4) is 11.5 Å². The molecule has 2 heterocycles. The lowest BCUT2D eigenvalue weighted by Crippen LogP contribution is -2.46. The number of Topliss-reactive ketones (excluding diaryl/α,β-unsaturated/α-hetero) is 2. The Kier molecular flexibility index (Phi) is 21.3. The maximum atomic E-state index is 12.6. The van der Waals surface area contributed by atoms with E-state index < -0.39 is 20.5 Å². The molecule has 5 N–H and O–H groups in total. The predicted octanol–water partition coefficient (Wildman–Crippen LogP) is 4.81. The van der Waals surface area contributed by atoms with Gasteiger partial charge in [-0.1, -0.05) is 76.2 Å². The number of carbonyl (C=O) groups excluding carboxylic acids is 6. The van der Waals surface area contributed by atoms with Gasteiger partial charge < -0.3 is 45.2 Å².